The first-order valence-electron chi connectivity index (χ1n) is 9.41. The molecule has 1 aliphatic heterocycles. The highest BCUT2D eigenvalue weighted by atomic mass is 16.6. The highest BCUT2D eigenvalue weighted by Gasteiger charge is 2.45. The molecule has 11 nitrogen and oxygen atoms in total. The normalized spacial score (nSPS) is 25.7. The van der Waals surface area contributed by atoms with Gasteiger partial charge in [-0.05, 0) is 18.2 Å². The number of ether oxygens (including phenoxy) is 2. The van der Waals surface area contributed by atoms with Crippen molar-refractivity contribution in [3.63, 3.8) is 0 Å². The molecule has 3 aromatic rings. The average molecular weight is 448 g/mol. The Kier molecular flexibility index (Phi) is 5.44. The zero-order valence-electron chi connectivity index (χ0n) is 16.5. The van der Waals surface area contributed by atoms with Gasteiger partial charge in [0, 0.05) is 17.7 Å². The minimum atomic E-state index is -1.92. The van der Waals surface area contributed by atoms with E-state index in [1.807, 2.05) is 0 Å². The summed E-state index contributed by atoms with van der Waals surface area (Å²) in [5.74, 6) is -1.38. The third-order valence-corrected chi connectivity index (χ3v) is 5.35. The van der Waals surface area contributed by atoms with E-state index < -0.39 is 53.2 Å². The number of aromatic hydroxyl groups is 3. The van der Waals surface area contributed by atoms with Crippen LogP contribution in [-0.4, -0.2) is 67.5 Å². The van der Waals surface area contributed by atoms with Crippen molar-refractivity contribution >= 4 is 11.0 Å². The van der Waals surface area contributed by atoms with Gasteiger partial charge in [0.2, 0.25) is 0 Å². The SMILES string of the molecule is COc1cc(-c2cc(=O)c3c(O)c([C@@H]4O[C@H](O)[C@@H](O)[C@H](O)[C@H]4O)c(O)cc3o2)ccc1O. The van der Waals surface area contributed by atoms with Crippen molar-refractivity contribution in [3.8, 4) is 34.3 Å². The molecule has 0 unspecified atom stereocenters. The first kappa shape index (κ1) is 21.9. The van der Waals surface area contributed by atoms with E-state index in [9.17, 15) is 40.5 Å². The van der Waals surface area contributed by atoms with Gasteiger partial charge in [0.05, 0.1) is 12.7 Å². The van der Waals surface area contributed by atoms with E-state index in [4.69, 9.17) is 13.9 Å². The van der Waals surface area contributed by atoms with Crippen LogP contribution in [0.3, 0.4) is 0 Å². The van der Waals surface area contributed by atoms with Crippen molar-refractivity contribution in [1.29, 1.82) is 0 Å². The van der Waals surface area contributed by atoms with Gasteiger partial charge in [-0.15, -0.1) is 0 Å². The number of benzene rings is 2. The Morgan fingerprint density at radius 3 is 2.31 bits per heavy atom. The molecule has 0 spiro atoms. The van der Waals surface area contributed by atoms with E-state index in [-0.39, 0.29) is 28.2 Å². The average Bonchev–Trinajstić information content (AvgIpc) is 2.75. The number of aliphatic hydroxyl groups is 4. The molecule has 1 saturated heterocycles. The molecule has 1 aliphatic rings. The fourth-order valence-corrected chi connectivity index (χ4v) is 3.66. The van der Waals surface area contributed by atoms with Crippen LogP contribution in [0.4, 0.5) is 0 Å². The lowest BCUT2D eigenvalue weighted by atomic mass is 9.91. The maximum absolute atomic E-state index is 12.8. The number of fused-ring (bicyclic) bond motifs is 1. The van der Waals surface area contributed by atoms with Gasteiger partial charge in [0.1, 0.15) is 52.6 Å². The molecule has 0 radical (unpaired) electrons. The molecule has 170 valence electrons. The smallest absolute Gasteiger partial charge is 0.197 e. The van der Waals surface area contributed by atoms with Gasteiger partial charge in [0.15, 0.2) is 23.2 Å². The summed E-state index contributed by atoms with van der Waals surface area (Å²) in [7, 11) is 1.35. The van der Waals surface area contributed by atoms with E-state index in [1.165, 1.54) is 25.3 Å². The second-order valence-corrected chi connectivity index (χ2v) is 7.31. The quantitative estimate of drug-likeness (QED) is 0.287. The number of aliphatic hydroxyl groups excluding tert-OH is 4. The first-order chi connectivity index (χ1) is 15.1. The minimum absolute atomic E-state index is 0.0512. The molecule has 2 heterocycles. The molecule has 0 bridgehead atoms. The summed E-state index contributed by atoms with van der Waals surface area (Å²) in [6.45, 7) is 0. The van der Waals surface area contributed by atoms with Crippen LogP contribution in [0.2, 0.25) is 0 Å². The predicted molar refractivity (Wildman–Crippen MR) is 107 cm³/mol. The van der Waals surface area contributed by atoms with Crippen molar-refractivity contribution < 1.29 is 49.6 Å². The van der Waals surface area contributed by atoms with Gasteiger partial charge in [-0.25, -0.2) is 0 Å². The Morgan fingerprint density at radius 1 is 0.906 bits per heavy atom. The van der Waals surface area contributed by atoms with Gasteiger partial charge in [0.25, 0.3) is 0 Å². The molecule has 1 aromatic heterocycles. The molecule has 5 atom stereocenters. The van der Waals surface area contributed by atoms with Crippen molar-refractivity contribution in [2.24, 2.45) is 0 Å². The lowest BCUT2D eigenvalue weighted by Crippen LogP contribution is -2.54. The molecule has 1 fully saturated rings. The third kappa shape index (κ3) is 3.42. The molecule has 0 amide bonds. The number of hydrogen-bond donors (Lipinski definition) is 7. The van der Waals surface area contributed by atoms with Crippen molar-refractivity contribution in [2.75, 3.05) is 7.11 Å². The topological polar surface area (TPSA) is 190 Å². The van der Waals surface area contributed by atoms with Crippen LogP contribution in [0.1, 0.15) is 11.7 Å². The maximum atomic E-state index is 12.8. The zero-order chi connectivity index (χ0) is 23.3. The Labute approximate surface area is 179 Å². The van der Waals surface area contributed by atoms with Gasteiger partial charge in [-0.2, -0.15) is 0 Å². The summed E-state index contributed by atoms with van der Waals surface area (Å²) in [6, 6.07) is 6.31. The Morgan fingerprint density at radius 2 is 1.62 bits per heavy atom. The summed E-state index contributed by atoms with van der Waals surface area (Å²) in [5.41, 5.74) is -1.02. The van der Waals surface area contributed by atoms with Crippen LogP contribution < -0.4 is 10.2 Å². The summed E-state index contributed by atoms with van der Waals surface area (Å²) in [4.78, 5) is 12.8. The largest absolute Gasteiger partial charge is 0.507 e. The van der Waals surface area contributed by atoms with E-state index in [1.54, 1.807) is 0 Å². The summed E-state index contributed by atoms with van der Waals surface area (Å²) >= 11 is 0. The van der Waals surface area contributed by atoms with Crippen molar-refractivity contribution in [3.05, 3.63) is 46.1 Å². The van der Waals surface area contributed by atoms with E-state index in [0.29, 0.717) is 5.56 Å². The Hall–Kier alpha value is -3.35. The van der Waals surface area contributed by atoms with Crippen LogP contribution >= 0.6 is 0 Å². The third-order valence-electron chi connectivity index (χ3n) is 5.35. The molecule has 2 aromatic carbocycles. The van der Waals surface area contributed by atoms with Crippen LogP contribution in [-0.2, 0) is 4.74 Å². The second kappa shape index (κ2) is 7.97. The van der Waals surface area contributed by atoms with E-state index in [2.05, 4.69) is 0 Å². The van der Waals surface area contributed by atoms with Crippen LogP contribution in [0, 0.1) is 0 Å². The molecule has 0 saturated carbocycles. The van der Waals surface area contributed by atoms with Gasteiger partial charge in [-0.3, -0.25) is 4.79 Å². The molecule has 7 N–H and O–H groups in total. The highest BCUT2D eigenvalue weighted by Crippen LogP contribution is 2.44. The predicted octanol–water partition coefficient (Wildman–Crippen LogP) is 0.0578. The first-order valence-corrected chi connectivity index (χ1v) is 9.41. The molecule has 0 aliphatic carbocycles. The maximum Gasteiger partial charge on any atom is 0.197 e. The van der Waals surface area contributed by atoms with Crippen molar-refractivity contribution in [2.45, 2.75) is 30.7 Å². The van der Waals surface area contributed by atoms with Crippen LogP contribution in [0.25, 0.3) is 22.3 Å². The standard InChI is InChI=1S/C21H20O11/c1-30-12-4-7(2-3-8(12)22)11-5-9(23)14-13(31-11)6-10(24)15(16(14)25)20-18(27)17(26)19(28)21(29)32-20/h2-6,17-22,24-29H,1H3/t17-,18-,19+,20+,21+/m1/s1. The van der Waals surface area contributed by atoms with Crippen LogP contribution in [0.5, 0.6) is 23.0 Å². The summed E-state index contributed by atoms with van der Waals surface area (Å²) < 4.78 is 15.7. The number of hydrogen-bond acceptors (Lipinski definition) is 11. The fourth-order valence-electron chi connectivity index (χ4n) is 3.66. The lowest BCUT2D eigenvalue weighted by molar-refractivity contribution is -0.284. The van der Waals surface area contributed by atoms with Crippen LogP contribution in [0.15, 0.2) is 39.5 Å². The lowest BCUT2D eigenvalue weighted by Gasteiger charge is -2.38. The van der Waals surface area contributed by atoms with Crippen molar-refractivity contribution in [1.82, 2.24) is 0 Å². The fraction of sp³-hybridized carbons (Fsp3) is 0.286. The highest BCUT2D eigenvalue weighted by molar-refractivity contribution is 5.88. The molecule has 4 rings (SSSR count). The number of rotatable bonds is 3. The van der Waals surface area contributed by atoms with E-state index in [0.717, 1.165) is 12.1 Å². The van der Waals surface area contributed by atoms with Gasteiger partial charge in [-0.1, -0.05) is 0 Å². The molecular weight excluding hydrogens is 428 g/mol. The monoisotopic (exact) mass is 448 g/mol. The van der Waals surface area contributed by atoms with Gasteiger partial charge >= 0.3 is 0 Å². The Bertz CT molecular complexity index is 1230. The second-order valence-electron chi connectivity index (χ2n) is 7.31. The van der Waals surface area contributed by atoms with Gasteiger partial charge < -0.3 is 49.6 Å². The minimum Gasteiger partial charge on any atom is -0.507 e. The molecule has 11 heteroatoms. The zero-order valence-corrected chi connectivity index (χ0v) is 16.5. The number of phenolic OH excluding ortho intramolecular Hbond substituents is 3. The summed E-state index contributed by atoms with van der Waals surface area (Å²) in [6.07, 6.45) is -9.08. The number of phenols is 3. The molecule has 32 heavy (non-hydrogen) atoms. The van der Waals surface area contributed by atoms with E-state index >= 15 is 0 Å². The molecular formula is C21H20O11. The Balaban J connectivity index is 1.86. The number of methoxy groups -OCH3 is 1. The summed E-state index contributed by atoms with van der Waals surface area (Å²) in [5, 5.41) is 70.1.